The highest BCUT2D eigenvalue weighted by molar-refractivity contribution is 7.80. The second-order valence-electron chi connectivity index (χ2n) is 8.92. The SMILES string of the molecule is COc1cc2c(cc1OC)[C@H](Cc1cc(OC)c(OC)c(OC)c1)[N+]([13CH3])(CCCOS(=O)(=O)[O-])CC2. The predicted molar refractivity (Wildman–Crippen MR) is 132 cm³/mol. The smallest absolute Gasteiger partial charge is 0.217 e. The minimum atomic E-state index is -4.72. The molecule has 0 radical (unpaired) electrons. The lowest BCUT2D eigenvalue weighted by Gasteiger charge is -2.46. The van der Waals surface area contributed by atoms with Crippen LogP contribution < -0.4 is 23.7 Å². The molecular weight excluding hydrogens is 491 g/mol. The summed E-state index contributed by atoms with van der Waals surface area (Å²) in [6.45, 7) is 1.26. The molecule has 1 unspecified atom stereocenters. The monoisotopic (exact) mass is 526 g/mol. The van der Waals surface area contributed by atoms with Crippen LogP contribution in [0.25, 0.3) is 0 Å². The number of benzene rings is 2. The van der Waals surface area contributed by atoms with Crippen molar-refractivity contribution in [2.75, 3.05) is 62.3 Å². The average molecular weight is 527 g/mol. The highest BCUT2D eigenvalue weighted by Crippen LogP contribution is 2.44. The second kappa shape index (κ2) is 11.5. The summed E-state index contributed by atoms with van der Waals surface area (Å²) in [6.07, 6.45) is 1.85. The quantitative estimate of drug-likeness (QED) is 0.135. The van der Waals surface area contributed by atoms with Crippen LogP contribution >= 0.6 is 0 Å². The molecule has 1 aliphatic rings. The zero-order chi connectivity index (χ0) is 26.5. The number of likely N-dealkylation sites (N-methyl/N-ethyl adjacent to an activating group) is 1. The van der Waals surface area contributed by atoms with Crippen molar-refractivity contribution in [3.63, 3.8) is 0 Å². The van der Waals surface area contributed by atoms with Crippen molar-refractivity contribution in [2.24, 2.45) is 0 Å². The number of ether oxygens (including phenoxy) is 5. The van der Waals surface area contributed by atoms with E-state index in [4.69, 9.17) is 23.7 Å². The Morgan fingerprint density at radius 3 is 2.00 bits per heavy atom. The van der Waals surface area contributed by atoms with Crippen molar-refractivity contribution >= 4 is 10.4 Å². The molecule has 11 heteroatoms. The van der Waals surface area contributed by atoms with Crippen LogP contribution in [0.15, 0.2) is 24.3 Å². The Morgan fingerprint density at radius 1 is 0.889 bits per heavy atom. The maximum atomic E-state index is 10.9. The van der Waals surface area contributed by atoms with Gasteiger partial charge in [0.25, 0.3) is 0 Å². The molecule has 1 aliphatic heterocycles. The number of nitrogens with zero attached hydrogens (tertiary/aromatic N) is 1. The summed E-state index contributed by atoms with van der Waals surface area (Å²) in [6, 6.07) is 7.90. The minimum Gasteiger partial charge on any atom is -0.726 e. The summed E-state index contributed by atoms with van der Waals surface area (Å²) in [4.78, 5) is 0. The Kier molecular flexibility index (Phi) is 8.93. The Bertz CT molecular complexity index is 1140. The topological polar surface area (TPSA) is 113 Å². The van der Waals surface area contributed by atoms with E-state index >= 15 is 0 Å². The molecule has 2 aromatic carbocycles. The molecule has 1 heterocycles. The molecule has 10 nitrogen and oxygen atoms in total. The fraction of sp³-hybridized carbons (Fsp3) is 0.520. The van der Waals surface area contributed by atoms with E-state index in [1.807, 2.05) is 24.3 Å². The molecule has 0 aromatic heterocycles. The van der Waals surface area contributed by atoms with Crippen molar-refractivity contribution in [1.82, 2.24) is 0 Å². The fourth-order valence-electron chi connectivity index (χ4n) is 4.99. The van der Waals surface area contributed by atoms with Crippen LogP contribution in [-0.4, -0.2) is 79.7 Å². The first-order chi connectivity index (χ1) is 17.1. The average Bonchev–Trinajstić information content (AvgIpc) is 2.86. The van der Waals surface area contributed by atoms with E-state index in [2.05, 4.69) is 11.2 Å². The van der Waals surface area contributed by atoms with Crippen molar-refractivity contribution < 1.29 is 45.3 Å². The third-order valence-electron chi connectivity index (χ3n) is 6.84. The van der Waals surface area contributed by atoms with Crippen LogP contribution in [0.3, 0.4) is 0 Å². The van der Waals surface area contributed by atoms with Gasteiger partial charge >= 0.3 is 0 Å². The van der Waals surface area contributed by atoms with Gasteiger partial charge in [0.05, 0.1) is 62.3 Å². The molecule has 200 valence electrons. The van der Waals surface area contributed by atoms with Crippen LogP contribution in [0.1, 0.15) is 29.2 Å². The number of hydrogen-bond acceptors (Lipinski definition) is 9. The Hall–Kier alpha value is -2.73. The largest absolute Gasteiger partial charge is 0.726 e. The summed E-state index contributed by atoms with van der Waals surface area (Å²) < 4.78 is 65.5. The summed E-state index contributed by atoms with van der Waals surface area (Å²) in [5.74, 6) is 2.97. The lowest BCUT2D eigenvalue weighted by Crippen LogP contribution is -2.52. The normalized spacial score (nSPS) is 19.4. The molecule has 0 fully saturated rings. The Labute approximate surface area is 213 Å². The van der Waals surface area contributed by atoms with E-state index in [0.29, 0.717) is 52.6 Å². The molecule has 0 amide bonds. The van der Waals surface area contributed by atoms with Gasteiger partial charge in [-0.25, -0.2) is 8.42 Å². The predicted octanol–water partition coefficient (Wildman–Crippen LogP) is 2.88. The highest BCUT2D eigenvalue weighted by atomic mass is 32.3. The minimum absolute atomic E-state index is 0.0137. The molecule has 0 spiro atoms. The first-order valence-electron chi connectivity index (χ1n) is 11.6. The molecule has 0 saturated carbocycles. The first-order valence-corrected chi connectivity index (χ1v) is 12.9. The van der Waals surface area contributed by atoms with Gasteiger partial charge in [-0.05, 0) is 35.4 Å². The molecule has 0 saturated heterocycles. The summed E-state index contributed by atoms with van der Waals surface area (Å²) in [7, 11) is 5.36. The molecule has 0 N–H and O–H groups in total. The van der Waals surface area contributed by atoms with Crippen molar-refractivity contribution in [2.45, 2.75) is 25.3 Å². The van der Waals surface area contributed by atoms with Crippen molar-refractivity contribution in [3.8, 4) is 28.7 Å². The molecular formula is C25H35NO9S. The molecule has 2 aromatic rings. The van der Waals surface area contributed by atoms with E-state index in [0.717, 1.165) is 24.1 Å². The van der Waals surface area contributed by atoms with Crippen molar-refractivity contribution in [3.05, 3.63) is 41.0 Å². The zero-order valence-electron chi connectivity index (χ0n) is 21.7. The number of fused-ring (bicyclic) bond motifs is 1. The van der Waals surface area contributed by atoms with Gasteiger partial charge in [-0.3, -0.25) is 4.18 Å². The van der Waals surface area contributed by atoms with Gasteiger partial charge < -0.3 is 32.7 Å². The molecule has 3 rings (SSSR count). The summed E-state index contributed by atoms with van der Waals surface area (Å²) >= 11 is 0. The van der Waals surface area contributed by atoms with Gasteiger partial charge in [0.2, 0.25) is 16.1 Å². The number of methoxy groups -OCH3 is 5. The second-order valence-corrected chi connectivity index (χ2v) is 9.97. The molecule has 2 atom stereocenters. The number of rotatable bonds is 12. The van der Waals surface area contributed by atoms with Gasteiger partial charge in [0.1, 0.15) is 6.04 Å². The maximum absolute atomic E-state index is 10.9. The zero-order valence-corrected chi connectivity index (χ0v) is 22.5. The molecule has 36 heavy (non-hydrogen) atoms. The third-order valence-corrected chi connectivity index (χ3v) is 7.30. The molecule has 0 bridgehead atoms. The first kappa shape index (κ1) is 27.9. The van der Waals surface area contributed by atoms with Crippen LogP contribution in [0.2, 0.25) is 0 Å². The van der Waals surface area contributed by atoms with Gasteiger partial charge in [-0.1, -0.05) is 0 Å². The summed E-state index contributed by atoms with van der Waals surface area (Å²) in [5.41, 5.74) is 3.27. The third kappa shape index (κ3) is 6.15. The van der Waals surface area contributed by atoms with Crippen molar-refractivity contribution in [1.29, 1.82) is 0 Å². The van der Waals surface area contributed by atoms with Gasteiger partial charge in [0.15, 0.2) is 23.0 Å². The van der Waals surface area contributed by atoms with Gasteiger partial charge in [-0.2, -0.15) is 0 Å². The van der Waals surface area contributed by atoms with Crippen LogP contribution in [0.4, 0.5) is 0 Å². The van der Waals surface area contributed by atoms with Gasteiger partial charge in [-0.15, -0.1) is 0 Å². The maximum Gasteiger partial charge on any atom is 0.217 e. The number of quaternary nitrogens is 1. The van der Waals surface area contributed by atoms with E-state index < -0.39 is 10.4 Å². The van der Waals surface area contributed by atoms with Gasteiger partial charge in [0, 0.05) is 24.8 Å². The van der Waals surface area contributed by atoms with E-state index in [-0.39, 0.29) is 12.6 Å². The molecule has 0 aliphatic carbocycles. The Morgan fingerprint density at radius 2 is 1.47 bits per heavy atom. The Balaban J connectivity index is 2.04. The van der Waals surface area contributed by atoms with Crippen LogP contribution in [0, 0.1) is 0 Å². The summed E-state index contributed by atoms with van der Waals surface area (Å²) in [5, 5.41) is 0. The van der Waals surface area contributed by atoms with E-state index in [9.17, 15) is 13.0 Å². The van der Waals surface area contributed by atoms with Crippen LogP contribution in [0.5, 0.6) is 28.7 Å². The number of hydrogen-bond donors (Lipinski definition) is 0. The standard InChI is InChI=1S/C25H35NO9S/c1-26(9-7-11-35-36(27,28)29)10-8-18-15-21(30-2)22(31-3)16-19(18)20(26)12-17-13-23(32-4)25(34-6)24(14-17)33-5/h13-16,20H,7-12H2,1-6H3/t20-,26?/m0/s1/i1+1. The van der Waals surface area contributed by atoms with E-state index in [1.165, 1.54) is 5.56 Å². The van der Waals surface area contributed by atoms with Crippen LogP contribution in [-0.2, 0) is 27.4 Å². The lowest BCUT2D eigenvalue weighted by molar-refractivity contribution is -0.941. The van der Waals surface area contributed by atoms with E-state index in [1.54, 1.807) is 35.5 Å². The fourth-order valence-corrected chi connectivity index (χ4v) is 5.31. The lowest BCUT2D eigenvalue weighted by atomic mass is 9.86. The highest BCUT2D eigenvalue weighted by Gasteiger charge is 2.40.